The largest absolute Gasteiger partial charge is 0.381 e. The lowest BCUT2D eigenvalue weighted by atomic mass is 9.88. The Morgan fingerprint density at radius 2 is 1.82 bits per heavy atom. The molecule has 6 heteroatoms. The van der Waals surface area contributed by atoms with Gasteiger partial charge in [-0.3, -0.25) is 9.89 Å². The van der Waals surface area contributed by atoms with Crippen LogP contribution < -0.4 is 10.6 Å². The number of benzene rings is 1. The molecular weight excluding hydrogens is 372 g/mol. The van der Waals surface area contributed by atoms with Gasteiger partial charge in [0.25, 0.3) is 0 Å². The first kappa shape index (κ1) is 20.0. The minimum absolute atomic E-state index is 0.202. The molecule has 2 aliphatic heterocycles. The van der Waals surface area contributed by atoms with Gasteiger partial charge >= 0.3 is 0 Å². The summed E-state index contributed by atoms with van der Waals surface area (Å²) in [6.07, 6.45) is 7.24. The van der Waals surface area contributed by atoms with E-state index in [0.29, 0.717) is 0 Å². The van der Waals surface area contributed by atoms with E-state index >= 15 is 0 Å². The summed E-state index contributed by atoms with van der Waals surface area (Å²) in [7, 11) is 1.86. The van der Waals surface area contributed by atoms with Gasteiger partial charge in [-0.2, -0.15) is 0 Å². The summed E-state index contributed by atoms with van der Waals surface area (Å²) in [6, 6.07) is 8.30. The zero-order valence-corrected chi connectivity index (χ0v) is 17.7. The standard InChI is InChI=1S/C22H33ClN4O/c1-24-20(25-16-21(7-8-21)18-5-4-6-19(23)15-18)26-17-22(9-13-28-14-10-22)27-11-2-3-12-27/h4-6,15H,2-3,7-14,16-17H2,1H3,(H2,24,25,26). The van der Waals surface area contributed by atoms with Crippen LogP contribution in [0.5, 0.6) is 0 Å². The molecule has 0 aromatic heterocycles. The highest BCUT2D eigenvalue weighted by molar-refractivity contribution is 6.30. The second kappa shape index (κ2) is 8.60. The second-order valence-electron chi connectivity index (χ2n) is 8.60. The van der Waals surface area contributed by atoms with Crippen LogP contribution in [0.4, 0.5) is 0 Å². The van der Waals surface area contributed by atoms with Crippen LogP contribution in [0.3, 0.4) is 0 Å². The molecule has 28 heavy (non-hydrogen) atoms. The number of hydrogen-bond acceptors (Lipinski definition) is 3. The molecule has 0 unspecified atom stereocenters. The number of guanidine groups is 1. The predicted molar refractivity (Wildman–Crippen MR) is 115 cm³/mol. The van der Waals surface area contributed by atoms with Gasteiger partial charge in [-0.25, -0.2) is 0 Å². The zero-order chi connectivity index (χ0) is 19.5. The van der Waals surface area contributed by atoms with E-state index in [1.807, 2.05) is 13.1 Å². The van der Waals surface area contributed by atoms with Crippen molar-refractivity contribution in [3.63, 3.8) is 0 Å². The molecule has 1 saturated carbocycles. The van der Waals surface area contributed by atoms with Gasteiger partial charge in [-0.15, -0.1) is 0 Å². The van der Waals surface area contributed by atoms with Crippen LogP contribution in [0.25, 0.3) is 0 Å². The van der Waals surface area contributed by atoms with Crippen LogP contribution in [0.1, 0.15) is 44.1 Å². The molecule has 1 aromatic rings. The fourth-order valence-corrected chi connectivity index (χ4v) is 5.00. The number of nitrogens with one attached hydrogen (secondary N) is 2. The highest BCUT2D eigenvalue weighted by Crippen LogP contribution is 2.48. The van der Waals surface area contributed by atoms with Crippen LogP contribution in [0.2, 0.25) is 5.02 Å². The third-order valence-corrected chi connectivity index (χ3v) is 7.13. The molecule has 3 fully saturated rings. The van der Waals surface area contributed by atoms with Crippen molar-refractivity contribution in [2.75, 3.05) is 46.4 Å². The van der Waals surface area contributed by atoms with E-state index in [0.717, 1.165) is 50.1 Å². The lowest BCUT2D eigenvalue weighted by molar-refractivity contribution is -0.0164. The van der Waals surface area contributed by atoms with Gasteiger partial charge in [0, 0.05) is 49.3 Å². The molecule has 0 spiro atoms. The van der Waals surface area contributed by atoms with Crippen molar-refractivity contribution in [3.05, 3.63) is 34.9 Å². The second-order valence-corrected chi connectivity index (χ2v) is 9.04. The Labute approximate surface area is 173 Å². The maximum absolute atomic E-state index is 6.21. The summed E-state index contributed by atoms with van der Waals surface area (Å²) in [5, 5.41) is 8.04. The van der Waals surface area contributed by atoms with Gasteiger partial charge in [-0.05, 0) is 69.3 Å². The quantitative estimate of drug-likeness (QED) is 0.564. The SMILES string of the molecule is CN=C(NCC1(c2cccc(Cl)c2)CC1)NCC1(N2CCCC2)CCOCC1. The van der Waals surface area contributed by atoms with Crippen molar-refractivity contribution < 1.29 is 4.74 Å². The summed E-state index contributed by atoms with van der Waals surface area (Å²) < 4.78 is 5.67. The van der Waals surface area contributed by atoms with Crippen molar-refractivity contribution in [2.24, 2.45) is 4.99 Å². The van der Waals surface area contributed by atoms with Crippen molar-refractivity contribution in [3.8, 4) is 0 Å². The fraction of sp³-hybridized carbons (Fsp3) is 0.682. The normalized spacial score (nSPS) is 24.1. The van der Waals surface area contributed by atoms with Crippen molar-refractivity contribution >= 4 is 17.6 Å². The van der Waals surface area contributed by atoms with E-state index in [1.165, 1.54) is 44.3 Å². The predicted octanol–water partition coefficient (Wildman–Crippen LogP) is 3.18. The molecule has 2 saturated heterocycles. The maximum Gasteiger partial charge on any atom is 0.191 e. The summed E-state index contributed by atoms with van der Waals surface area (Å²) in [5.41, 5.74) is 1.74. The van der Waals surface area contributed by atoms with Gasteiger partial charge in [-0.1, -0.05) is 23.7 Å². The Morgan fingerprint density at radius 1 is 1.11 bits per heavy atom. The van der Waals surface area contributed by atoms with Crippen LogP contribution in [0.15, 0.2) is 29.3 Å². The topological polar surface area (TPSA) is 48.9 Å². The fourth-order valence-electron chi connectivity index (χ4n) is 4.81. The third-order valence-electron chi connectivity index (χ3n) is 6.89. The number of nitrogens with zero attached hydrogens (tertiary/aromatic N) is 2. The monoisotopic (exact) mass is 404 g/mol. The molecule has 2 heterocycles. The average molecular weight is 405 g/mol. The minimum atomic E-state index is 0.202. The zero-order valence-electron chi connectivity index (χ0n) is 17.0. The Bertz CT molecular complexity index is 692. The van der Waals surface area contributed by atoms with E-state index < -0.39 is 0 Å². The van der Waals surface area contributed by atoms with Gasteiger partial charge in [0.05, 0.1) is 0 Å². The summed E-state index contributed by atoms with van der Waals surface area (Å²) in [4.78, 5) is 7.18. The Hall–Kier alpha value is -1.30. The van der Waals surface area contributed by atoms with Gasteiger partial charge in [0.15, 0.2) is 5.96 Å². The van der Waals surface area contributed by atoms with E-state index in [1.54, 1.807) is 0 Å². The van der Waals surface area contributed by atoms with E-state index in [-0.39, 0.29) is 11.0 Å². The number of rotatable bonds is 6. The Kier molecular flexibility index (Phi) is 6.14. The van der Waals surface area contributed by atoms with Crippen LogP contribution in [0, 0.1) is 0 Å². The number of ether oxygens (including phenoxy) is 1. The number of likely N-dealkylation sites (tertiary alicyclic amines) is 1. The third kappa shape index (κ3) is 4.32. The van der Waals surface area contributed by atoms with Crippen molar-refractivity contribution in [2.45, 2.75) is 49.5 Å². The van der Waals surface area contributed by atoms with E-state index in [2.05, 4.69) is 38.7 Å². The van der Waals surface area contributed by atoms with Crippen LogP contribution in [-0.4, -0.2) is 62.8 Å². The Balaban J connectivity index is 1.35. The maximum atomic E-state index is 6.21. The van der Waals surface area contributed by atoms with Crippen LogP contribution >= 0.6 is 11.6 Å². The molecule has 0 atom stereocenters. The summed E-state index contributed by atoms with van der Waals surface area (Å²) in [5.74, 6) is 0.901. The average Bonchev–Trinajstić information content (AvgIpc) is 3.31. The van der Waals surface area contributed by atoms with E-state index in [4.69, 9.17) is 16.3 Å². The van der Waals surface area contributed by atoms with E-state index in [9.17, 15) is 0 Å². The molecule has 0 bridgehead atoms. The first-order chi connectivity index (χ1) is 13.7. The number of aliphatic imine (C=N–C) groups is 1. The Morgan fingerprint density at radius 3 is 2.46 bits per heavy atom. The number of halogens is 1. The molecule has 2 N–H and O–H groups in total. The molecular formula is C22H33ClN4O. The summed E-state index contributed by atoms with van der Waals surface area (Å²) >= 11 is 6.21. The van der Waals surface area contributed by atoms with Gasteiger partial charge in [0.2, 0.25) is 0 Å². The molecule has 5 nitrogen and oxygen atoms in total. The first-order valence-electron chi connectivity index (χ1n) is 10.7. The van der Waals surface area contributed by atoms with Crippen molar-refractivity contribution in [1.29, 1.82) is 0 Å². The molecule has 154 valence electrons. The molecule has 0 radical (unpaired) electrons. The van der Waals surface area contributed by atoms with Crippen LogP contribution in [-0.2, 0) is 10.2 Å². The highest BCUT2D eigenvalue weighted by atomic mass is 35.5. The lowest BCUT2D eigenvalue weighted by Crippen LogP contribution is -2.58. The first-order valence-corrected chi connectivity index (χ1v) is 11.1. The highest BCUT2D eigenvalue weighted by Gasteiger charge is 2.44. The molecule has 3 aliphatic rings. The van der Waals surface area contributed by atoms with Crippen molar-refractivity contribution in [1.82, 2.24) is 15.5 Å². The van der Waals surface area contributed by atoms with Gasteiger partial charge in [0.1, 0.15) is 0 Å². The number of hydrogen-bond donors (Lipinski definition) is 2. The summed E-state index contributed by atoms with van der Waals surface area (Å²) in [6.45, 7) is 5.98. The molecule has 1 aromatic carbocycles. The lowest BCUT2D eigenvalue weighted by Gasteiger charge is -2.45. The van der Waals surface area contributed by atoms with Gasteiger partial charge < -0.3 is 15.4 Å². The molecule has 0 amide bonds. The smallest absolute Gasteiger partial charge is 0.191 e. The molecule has 1 aliphatic carbocycles. The minimum Gasteiger partial charge on any atom is -0.381 e. The molecule has 4 rings (SSSR count).